The summed E-state index contributed by atoms with van der Waals surface area (Å²) in [6.07, 6.45) is 9.63. The third-order valence-corrected chi connectivity index (χ3v) is 2.83. The molecule has 1 aliphatic carbocycles. The number of hydrogen-bond acceptors (Lipinski definition) is 1. The van der Waals surface area contributed by atoms with E-state index < -0.39 is 0 Å². The van der Waals surface area contributed by atoms with Gasteiger partial charge in [0.1, 0.15) is 0 Å². The number of hydrogen-bond donors (Lipinski definition) is 1. The van der Waals surface area contributed by atoms with E-state index in [1.54, 1.807) is 5.57 Å². The first-order valence-electron chi connectivity index (χ1n) is 4.95. The molecular formula is C11H17N. The summed E-state index contributed by atoms with van der Waals surface area (Å²) in [5, 5.41) is 3.41. The van der Waals surface area contributed by atoms with Crippen LogP contribution in [-0.2, 0) is 0 Å². The Morgan fingerprint density at radius 1 is 1.50 bits per heavy atom. The number of rotatable bonds is 1. The third-order valence-electron chi connectivity index (χ3n) is 2.83. The van der Waals surface area contributed by atoms with Crippen LogP contribution in [0, 0.1) is 11.8 Å². The van der Waals surface area contributed by atoms with Crippen molar-refractivity contribution in [2.24, 2.45) is 11.8 Å². The molecule has 0 aromatic heterocycles. The number of allylic oxidation sites excluding steroid dienone is 3. The molecule has 1 N–H and O–H groups in total. The molecule has 1 nitrogen and oxygen atoms in total. The zero-order valence-corrected chi connectivity index (χ0v) is 7.72. The molecule has 0 amide bonds. The van der Waals surface area contributed by atoms with Gasteiger partial charge in [0.05, 0.1) is 0 Å². The standard InChI is InChI=1S/C11H17N/c1-9-3-2-4-10(7-9)11-5-6-12-8-11/h2,4,7,9,11-12H,3,5-6,8H2,1H3. The first-order valence-corrected chi connectivity index (χ1v) is 4.95. The van der Waals surface area contributed by atoms with Crippen molar-refractivity contribution in [3.8, 4) is 0 Å². The van der Waals surface area contributed by atoms with Gasteiger partial charge in [-0.2, -0.15) is 0 Å². The summed E-state index contributed by atoms with van der Waals surface area (Å²) in [6, 6.07) is 0. The van der Waals surface area contributed by atoms with Crippen molar-refractivity contribution >= 4 is 0 Å². The number of nitrogens with one attached hydrogen (secondary N) is 1. The average molecular weight is 163 g/mol. The fourth-order valence-corrected chi connectivity index (χ4v) is 2.08. The van der Waals surface area contributed by atoms with E-state index in [2.05, 4.69) is 30.5 Å². The van der Waals surface area contributed by atoms with Crippen LogP contribution < -0.4 is 5.32 Å². The van der Waals surface area contributed by atoms with Gasteiger partial charge in [-0.1, -0.05) is 25.2 Å². The van der Waals surface area contributed by atoms with E-state index in [0.717, 1.165) is 11.8 Å². The second kappa shape index (κ2) is 3.44. The van der Waals surface area contributed by atoms with Crippen LogP contribution in [0.25, 0.3) is 0 Å². The predicted molar refractivity (Wildman–Crippen MR) is 52.0 cm³/mol. The second-order valence-corrected chi connectivity index (χ2v) is 3.97. The Morgan fingerprint density at radius 2 is 2.42 bits per heavy atom. The van der Waals surface area contributed by atoms with Crippen LogP contribution in [0.1, 0.15) is 19.8 Å². The fraction of sp³-hybridized carbons (Fsp3) is 0.636. The second-order valence-electron chi connectivity index (χ2n) is 3.97. The molecule has 1 heteroatoms. The Balaban J connectivity index is 2.06. The topological polar surface area (TPSA) is 12.0 Å². The Hall–Kier alpha value is -0.560. The highest BCUT2D eigenvalue weighted by atomic mass is 14.9. The maximum atomic E-state index is 3.41. The van der Waals surface area contributed by atoms with Crippen LogP contribution >= 0.6 is 0 Å². The first kappa shape index (κ1) is 8.06. The lowest BCUT2D eigenvalue weighted by Crippen LogP contribution is -2.11. The molecule has 0 saturated carbocycles. The van der Waals surface area contributed by atoms with E-state index in [9.17, 15) is 0 Å². The molecule has 1 heterocycles. The van der Waals surface area contributed by atoms with Crippen molar-refractivity contribution in [1.29, 1.82) is 0 Å². The maximum absolute atomic E-state index is 3.41. The van der Waals surface area contributed by atoms with E-state index >= 15 is 0 Å². The van der Waals surface area contributed by atoms with E-state index in [1.165, 1.54) is 25.9 Å². The highest BCUT2D eigenvalue weighted by Gasteiger charge is 2.18. The quantitative estimate of drug-likeness (QED) is 0.624. The largest absolute Gasteiger partial charge is 0.316 e. The van der Waals surface area contributed by atoms with Crippen molar-refractivity contribution in [3.63, 3.8) is 0 Å². The molecule has 2 rings (SSSR count). The minimum Gasteiger partial charge on any atom is -0.316 e. The van der Waals surface area contributed by atoms with Crippen LogP contribution in [0.3, 0.4) is 0 Å². The highest BCUT2D eigenvalue weighted by Crippen LogP contribution is 2.25. The van der Waals surface area contributed by atoms with Gasteiger partial charge in [-0.15, -0.1) is 0 Å². The van der Waals surface area contributed by atoms with Crippen molar-refractivity contribution in [2.75, 3.05) is 13.1 Å². The molecule has 0 aromatic rings. The zero-order chi connectivity index (χ0) is 8.39. The Labute approximate surface area is 74.5 Å². The normalized spacial score (nSPS) is 35.2. The van der Waals surface area contributed by atoms with Gasteiger partial charge in [-0.25, -0.2) is 0 Å². The fourth-order valence-electron chi connectivity index (χ4n) is 2.08. The maximum Gasteiger partial charge on any atom is 0.00205 e. The molecule has 2 aliphatic rings. The summed E-state index contributed by atoms with van der Waals surface area (Å²) >= 11 is 0. The summed E-state index contributed by atoms with van der Waals surface area (Å²) < 4.78 is 0. The van der Waals surface area contributed by atoms with Gasteiger partial charge in [0, 0.05) is 6.54 Å². The van der Waals surface area contributed by atoms with Crippen molar-refractivity contribution in [2.45, 2.75) is 19.8 Å². The Kier molecular flexibility index (Phi) is 2.31. The molecule has 66 valence electrons. The van der Waals surface area contributed by atoms with Gasteiger partial charge < -0.3 is 5.32 Å². The van der Waals surface area contributed by atoms with Gasteiger partial charge in [0.25, 0.3) is 0 Å². The lowest BCUT2D eigenvalue weighted by atomic mass is 9.89. The highest BCUT2D eigenvalue weighted by molar-refractivity contribution is 5.27. The molecule has 2 unspecified atom stereocenters. The van der Waals surface area contributed by atoms with E-state index in [4.69, 9.17) is 0 Å². The SMILES string of the molecule is CC1C=C(C2CCNC2)C=CC1. The van der Waals surface area contributed by atoms with Crippen LogP contribution in [0.2, 0.25) is 0 Å². The first-order chi connectivity index (χ1) is 5.86. The molecule has 0 radical (unpaired) electrons. The average Bonchev–Trinajstić information content (AvgIpc) is 2.56. The van der Waals surface area contributed by atoms with Gasteiger partial charge >= 0.3 is 0 Å². The van der Waals surface area contributed by atoms with E-state index in [0.29, 0.717) is 0 Å². The van der Waals surface area contributed by atoms with Crippen LogP contribution in [-0.4, -0.2) is 13.1 Å². The Morgan fingerprint density at radius 3 is 3.08 bits per heavy atom. The summed E-state index contributed by atoms with van der Waals surface area (Å²) in [7, 11) is 0. The molecule has 2 atom stereocenters. The molecule has 1 aliphatic heterocycles. The van der Waals surface area contributed by atoms with E-state index in [1.807, 2.05) is 0 Å². The summed E-state index contributed by atoms with van der Waals surface area (Å²) in [5.41, 5.74) is 1.57. The van der Waals surface area contributed by atoms with Gasteiger partial charge in [0.15, 0.2) is 0 Å². The van der Waals surface area contributed by atoms with Gasteiger partial charge in [-0.3, -0.25) is 0 Å². The minimum atomic E-state index is 0.755. The van der Waals surface area contributed by atoms with Crippen LogP contribution in [0.15, 0.2) is 23.8 Å². The van der Waals surface area contributed by atoms with Crippen LogP contribution in [0.5, 0.6) is 0 Å². The van der Waals surface area contributed by atoms with Crippen molar-refractivity contribution < 1.29 is 0 Å². The van der Waals surface area contributed by atoms with Crippen LogP contribution in [0.4, 0.5) is 0 Å². The lowest BCUT2D eigenvalue weighted by molar-refractivity contribution is 0.653. The lowest BCUT2D eigenvalue weighted by Gasteiger charge is -2.16. The summed E-state index contributed by atoms with van der Waals surface area (Å²) in [5.74, 6) is 1.55. The smallest absolute Gasteiger partial charge is 0.00205 e. The molecule has 0 spiro atoms. The van der Waals surface area contributed by atoms with Gasteiger partial charge in [0.2, 0.25) is 0 Å². The molecule has 0 bridgehead atoms. The molecule has 0 aromatic carbocycles. The summed E-state index contributed by atoms with van der Waals surface area (Å²) in [4.78, 5) is 0. The predicted octanol–water partition coefficient (Wildman–Crippen LogP) is 2.12. The molecular weight excluding hydrogens is 146 g/mol. The van der Waals surface area contributed by atoms with Crippen molar-refractivity contribution in [3.05, 3.63) is 23.8 Å². The molecule has 12 heavy (non-hydrogen) atoms. The molecule has 1 fully saturated rings. The Bertz CT molecular complexity index is 209. The zero-order valence-electron chi connectivity index (χ0n) is 7.72. The van der Waals surface area contributed by atoms with Crippen molar-refractivity contribution in [1.82, 2.24) is 5.32 Å². The minimum absolute atomic E-state index is 0.755. The monoisotopic (exact) mass is 163 g/mol. The summed E-state index contributed by atoms with van der Waals surface area (Å²) in [6.45, 7) is 4.68. The van der Waals surface area contributed by atoms with Gasteiger partial charge in [-0.05, 0) is 36.8 Å². The molecule has 1 saturated heterocycles. The third kappa shape index (κ3) is 1.61. The van der Waals surface area contributed by atoms with E-state index in [-0.39, 0.29) is 0 Å².